The van der Waals surface area contributed by atoms with Crippen LogP contribution < -0.4 is 9.80 Å². The van der Waals surface area contributed by atoms with Crippen LogP contribution in [0.4, 0.5) is 34.1 Å². The molecule has 49 heavy (non-hydrogen) atoms. The van der Waals surface area contributed by atoms with E-state index >= 15 is 0 Å². The van der Waals surface area contributed by atoms with E-state index in [1.165, 1.54) is 0 Å². The third kappa shape index (κ3) is 5.16. The van der Waals surface area contributed by atoms with Gasteiger partial charge in [0.2, 0.25) is 5.89 Å². The monoisotopic (exact) mass is 629 g/mol. The Bertz CT molecular complexity index is 2510. The van der Waals surface area contributed by atoms with Crippen LogP contribution in [0.1, 0.15) is 0 Å². The maximum absolute atomic E-state index is 6.77. The summed E-state index contributed by atoms with van der Waals surface area (Å²) in [5.41, 5.74) is 8.70. The molecule has 0 unspecified atom stereocenters. The van der Waals surface area contributed by atoms with Gasteiger partial charge in [-0.05, 0) is 89.0 Å². The van der Waals surface area contributed by atoms with Crippen molar-refractivity contribution in [3.8, 4) is 11.5 Å². The summed E-state index contributed by atoms with van der Waals surface area (Å²) in [6.45, 7) is 0. The average Bonchev–Trinajstić information content (AvgIpc) is 3.63. The highest BCUT2D eigenvalue weighted by molar-refractivity contribution is 6.21. The summed E-state index contributed by atoms with van der Waals surface area (Å²) in [4.78, 5) is 9.83. The molecule has 0 fully saturated rings. The second kappa shape index (κ2) is 12.2. The smallest absolute Gasteiger partial charge is 0.227 e. The van der Waals surface area contributed by atoms with E-state index in [9.17, 15) is 0 Å². The summed E-state index contributed by atoms with van der Waals surface area (Å²) < 4.78 is 6.77. The molecule has 1 heterocycles. The normalized spacial score (nSPS) is 11.3. The molecule has 0 spiro atoms. The lowest BCUT2D eigenvalue weighted by Gasteiger charge is -2.29. The molecule has 232 valence electrons. The predicted molar refractivity (Wildman–Crippen MR) is 204 cm³/mol. The maximum Gasteiger partial charge on any atom is 0.227 e. The van der Waals surface area contributed by atoms with Gasteiger partial charge in [-0.3, -0.25) is 0 Å². The Morgan fingerprint density at radius 3 is 1.57 bits per heavy atom. The molecule has 0 N–H and O–H groups in total. The molecule has 0 aliphatic heterocycles. The van der Waals surface area contributed by atoms with Gasteiger partial charge in [-0.15, -0.1) is 0 Å². The number of aromatic nitrogens is 1. The van der Waals surface area contributed by atoms with Gasteiger partial charge >= 0.3 is 0 Å². The Hall–Kier alpha value is -6.65. The third-order valence-electron chi connectivity index (χ3n) is 9.00. The molecular formula is C45H31N3O. The number of hydrogen-bond acceptors (Lipinski definition) is 4. The quantitative estimate of drug-likeness (QED) is 0.164. The number of fused-ring (bicyclic) bond motifs is 5. The first kappa shape index (κ1) is 28.6. The van der Waals surface area contributed by atoms with Gasteiger partial charge in [0.25, 0.3) is 0 Å². The van der Waals surface area contributed by atoms with E-state index in [0.717, 1.165) is 72.3 Å². The van der Waals surface area contributed by atoms with Gasteiger partial charge in [-0.1, -0.05) is 115 Å². The van der Waals surface area contributed by atoms with Gasteiger partial charge in [-0.2, -0.15) is 0 Å². The summed E-state index contributed by atoms with van der Waals surface area (Å²) in [6.07, 6.45) is 0. The molecule has 0 saturated heterocycles. The van der Waals surface area contributed by atoms with Crippen LogP contribution >= 0.6 is 0 Å². The first-order valence-electron chi connectivity index (χ1n) is 16.5. The Balaban J connectivity index is 1.31. The van der Waals surface area contributed by atoms with Crippen molar-refractivity contribution in [2.45, 2.75) is 0 Å². The fourth-order valence-electron chi connectivity index (χ4n) is 6.79. The molecule has 0 amide bonds. The number of benzene rings is 8. The molecule has 0 saturated carbocycles. The minimum absolute atomic E-state index is 0.596. The van der Waals surface area contributed by atoms with Crippen molar-refractivity contribution in [2.24, 2.45) is 0 Å². The fraction of sp³-hybridized carbons (Fsp3) is 0. The van der Waals surface area contributed by atoms with Gasteiger partial charge in [0.15, 0.2) is 5.58 Å². The summed E-state index contributed by atoms with van der Waals surface area (Å²) >= 11 is 0. The lowest BCUT2D eigenvalue weighted by Crippen LogP contribution is -2.13. The van der Waals surface area contributed by atoms with E-state index in [1.54, 1.807) is 0 Å². The van der Waals surface area contributed by atoms with Gasteiger partial charge in [0.05, 0.1) is 5.69 Å². The highest BCUT2D eigenvalue weighted by atomic mass is 16.3. The number of rotatable bonds is 7. The Kier molecular flexibility index (Phi) is 7.10. The lowest BCUT2D eigenvalue weighted by atomic mass is 9.99. The Labute approximate surface area is 284 Å². The van der Waals surface area contributed by atoms with Crippen molar-refractivity contribution in [1.29, 1.82) is 0 Å². The number of anilines is 6. The predicted octanol–water partition coefficient (Wildman–Crippen LogP) is 12.7. The number of hydrogen-bond donors (Lipinski definition) is 0. The van der Waals surface area contributed by atoms with Crippen molar-refractivity contribution in [1.82, 2.24) is 4.98 Å². The van der Waals surface area contributed by atoms with Crippen LogP contribution in [0.2, 0.25) is 0 Å². The zero-order chi connectivity index (χ0) is 32.6. The molecule has 0 atom stereocenters. The second-order valence-electron chi connectivity index (χ2n) is 12.0. The van der Waals surface area contributed by atoms with Crippen molar-refractivity contribution in [3.05, 3.63) is 188 Å². The molecule has 4 nitrogen and oxygen atoms in total. The number of nitrogens with zero attached hydrogens (tertiary/aromatic N) is 3. The van der Waals surface area contributed by atoms with Crippen LogP contribution in [0.25, 0.3) is 44.1 Å². The minimum atomic E-state index is 0.596. The highest BCUT2D eigenvalue weighted by Crippen LogP contribution is 2.46. The molecule has 4 heteroatoms. The van der Waals surface area contributed by atoms with E-state index in [4.69, 9.17) is 9.40 Å². The lowest BCUT2D eigenvalue weighted by molar-refractivity contribution is 0.623. The van der Waals surface area contributed by atoms with Crippen molar-refractivity contribution >= 4 is 66.8 Å². The molecule has 0 bridgehead atoms. The zero-order valence-corrected chi connectivity index (χ0v) is 26.6. The average molecular weight is 630 g/mol. The first-order valence-corrected chi connectivity index (χ1v) is 16.5. The molecule has 0 aliphatic rings. The van der Waals surface area contributed by atoms with Crippen molar-refractivity contribution in [2.75, 3.05) is 9.80 Å². The number of para-hydroxylation sites is 3. The van der Waals surface area contributed by atoms with Crippen LogP contribution in [-0.2, 0) is 0 Å². The fourth-order valence-corrected chi connectivity index (χ4v) is 6.79. The molecule has 8 aromatic carbocycles. The van der Waals surface area contributed by atoms with E-state index in [2.05, 4.69) is 168 Å². The summed E-state index contributed by atoms with van der Waals surface area (Å²) in [5.74, 6) is 0.596. The van der Waals surface area contributed by atoms with Gasteiger partial charge in [0, 0.05) is 39.4 Å². The maximum atomic E-state index is 6.77. The summed E-state index contributed by atoms with van der Waals surface area (Å²) in [7, 11) is 0. The SMILES string of the molecule is c1ccc(-c2nc3c(N(c4ccccc4)c4cccc(N(c5ccccc5)c5ccccc5)c4)cc4ccc5ccccc5c4c3o2)cc1. The van der Waals surface area contributed by atoms with Gasteiger partial charge in [0.1, 0.15) is 5.52 Å². The second-order valence-corrected chi connectivity index (χ2v) is 12.0. The van der Waals surface area contributed by atoms with Crippen molar-refractivity contribution < 1.29 is 4.42 Å². The summed E-state index contributed by atoms with van der Waals surface area (Å²) in [6, 6.07) is 65.5. The van der Waals surface area contributed by atoms with E-state index in [-0.39, 0.29) is 0 Å². The van der Waals surface area contributed by atoms with Crippen LogP contribution in [0.3, 0.4) is 0 Å². The largest absolute Gasteiger partial charge is 0.435 e. The van der Waals surface area contributed by atoms with E-state index < -0.39 is 0 Å². The molecular weight excluding hydrogens is 599 g/mol. The van der Waals surface area contributed by atoms with Gasteiger partial charge in [-0.25, -0.2) is 4.98 Å². The first-order chi connectivity index (χ1) is 24.3. The van der Waals surface area contributed by atoms with Crippen LogP contribution in [0.5, 0.6) is 0 Å². The Morgan fingerprint density at radius 1 is 0.408 bits per heavy atom. The van der Waals surface area contributed by atoms with E-state index in [1.807, 2.05) is 30.3 Å². The molecule has 0 radical (unpaired) electrons. The molecule has 9 rings (SSSR count). The molecule has 1 aromatic heterocycles. The number of oxazole rings is 1. The third-order valence-corrected chi connectivity index (χ3v) is 9.00. The standard InChI is InChI=1S/C45H31N3O/c1-5-17-33(18-6-1)45-46-43-41(30-34-29-28-32-16-13-14-27-40(32)42(34)44(43)49-45)48(37-23-11-4-12-24-37)39-26-15-25-38(31-39)47(35-19-7-2-8-20-35)36-21-9-3-10-22-36/h1-31H. The van der Waals surface area contributed by atoms with Crippen LogP contribution in [0, 0.1) is 0 Å². The molecule has 9 aromatic rings. The van der Waals surface area contributed by atoms with Crippen LogP contribution in [-0.4, -0.2) is 4.98 Å². The topological polar surface area (TPSA) is 32.5 Å². The molecule has 0 aliphatic carbocycles. The zero-order valence-electron chi connectivity index (χ0n) is 26.6. The Morgan fingerprint density at radius 2 is 0.918 bits per heavy atom. The highest BCUT2D eigenvalue weighted by Gasteiger charge is 2.24. The minimum Gasteiger partial charge on any atom is -0.435 e. The summed E-state index contributed by atoms with van der Waals surface area (Å²) in [5, 5.41) is 4.45. The van der Waals surface area contributed by atoms with Crippen molar-refractivity contribution in [3.63, 3.8) is 0 Å². The van der Waals surface area contributed by atoms with Crippen LogP contribution in [0.15, 0.2) is 192 Å². The van der Waals surface area contributed by atoms with E-state index in [0.29, 0.717) is 5.89 Å². The van der Waals surface area contributed by atoms with Gasteiger partial charge < -0.3 is 14.2 Å².